The highest BCUT2D eigenvalue weighted by atomic mass is 28.3. The zero-order chi connectivity index (χ0) is 26.7. The molecule has 196 valence electrons. The third kappa shape index (κ3) is 7.16. The van der Waals surface area contributed by atoms with Crippen molar-refractivity contribution in [2.45, 2.75) is 45.5 Å². The fourth-order valence-electron chi connectivity index (χ4n) is 3.41. The van der Waals surface area contributed by atoms with Gasteiger partial charge in [0.05, 0.1) is 41.4 Å². The van der Waals surface area contributed by atoms with Crippen molar-refractivity contribution in [3.8, 4) is 5.75 Å². The van der Waals surface area contributed by atoms with Crippen LogP contribution in [0.4, 0.5) is 24.7 Å². The average Bonchev–Trinajstić information content (AvgIpc) is 3.16. The van der Waals surface area contributed by atoms with Crippen LogP contribution in [0.2, 0.25) is 25.7 Å². The summed E-state index contributed by atoms with van der Waals surface area (Å²) in [5.41, 5.74) is 2.19. The molecule has 0 aliphatic rings. The van der Waals surface area contributed by atoms with E-state index < -0.39 is 26.7 Å². The quantitative estimate of drug-likeness (QED) is 0.300. The Bertz CT molecular complexity index is 1230. The molecule has 3 rings (SSSR count). The molecule has 3 aromatic rings. The minimum atomic E-state index is -4.53. The number of fused-ring (bicyclic) bond motifs is 1. The number of aromatic nitrogens is 4. The Morgan fingerprint density at radius 2 is 1.92 bits per heavy atom. The van der Waals surface area contributed by atoms with Crippen LogP contribution in [0.1, 0.15) is 16.1 Å². The Labute approximate surface area is 208 Å². The third-order valence-corrected chi connectivity index (χ3v) is 7.04. The summed E-state index contributed by atoms with van der Waals surface area (Å²) in [7, 11) is 1.37. The molecule has 0 aliphatic carbocycles. The Kier molecular flexibility index (Phi) is 8.24. The first-order valence-corrected chi connectivity index (χ1v) is 15.0. The number of rotatable bonds is 10. The molecule has 0 saturated heterocycles. The zero-order valence-electron chi connectivity index (χ0n) is 21.2. The molecule has 0 saturated carbocycles. The molecule has 13 heteroatoms. The van der Waals surface area contributed by atoms with E-state index in [0.717, 1.165) is 18.6 Å². The molecule has 2 aromatic heterocycles. The van der Waals surface area contributed by atoms with Crippen LogP contribution in [0.3, 0.4) is 0 Å². The number of halogens is 3. The Morgan fingerprint density at radius 3 is 2.56 bits per heavy atom. The number of ether oxygens (including phenoxy) is 2. The topological polar surface area (TPSA) is 94.4 Å². The monoisotopic (exact) mass is 524 g/mol. The standard InChI is InChI=1S/C23H31F3N6O3Si/c1-15-9-16(22(33)31(2)12-23(24,25)26)21(30-29-15)28-18-10-17-19(11-20(18)34-3)32(13-27-17)14-35-7-8-36(4,5)6/h9-11,13H,7-8,12,14H2,1-6H3,(H,28,30). The minimum absolute atomic E-state index is 0.00591. The first kappa shape index (κ1) is 27.4. The van der Waals surface area contributed by atoms with Gasteiger partial charge in [-0.15, -0.1) is 5.10 Å². The van der Waals surface area contributed by atoms with Gasteiger partial charge in [0.2, 0.25) is 0 Å². The molecule has 1 aromatic carbocycles. The second kappa shape index (κ2) is 10.8. The van der Waals surface area contributed by atoms with E-state index in [2.05, 4.69) is 40.1 Å². The van der Waals surface area contributed by atoms with Gasteiger partial charge < -0.3 is 24.3 Å². The number of carbonyl (C=O) groups is 1. The number of nitrogens with zero attached hydrogens (tertiary/aromatic N) is 5. The van der Waals surface area contributed by atoms with E-state index in [1.807, 2.05) is 4.57 Å². The van der Waals surface area contributed by atoms with Gasteiger partial charge in [0.15, 0.2) is 5.82 Å². The Morgan fingerprint density at radius 1 is 1.19 bits per heavy atom. The van der Waals surface area contributed by atoms with Crippen LogP contribution in [0.5, 0.6) is 5.75 Å². The average molecular weight is 525 g/mol. The van der Waals surface area contributed by atoms with Crippen molar-refractivity contribution in [2.24, 2.45) is 0 Å². The second-order valence-electron chi connectivity index (χ2n) is 9.75. The van der Waals surface area contributed by atoms with Gasteiger partial charge in [0, 0.05) is 27.8 Å². The van der Waals surface area contributed by atoms with E-state index in [-0.39, 0.29) is 11.4 Å². The van der Waals surface area contributed by atoms with Crippen LogP contribution in [0, 0.1) is 6.92 Å². The molecule has 2 heterocycles. The third-order valence-electron chi connectivity index (χ3n) is 5.33. The number of aryl methyl sites for hydroxylation is 1. The highest BCUT2D eigenvalue weighted by Gasteiger charge is 2.32. The van der Waals surface area contributed by atoms with Gasteiger partial charge in [0.25, 0.3) is 5.91 Å². The van der Waals surface area contributed by atoms with Crippen molar-refractivity contribution in [1.29, 1.82) is 0 Å². The number of alkyl halides is 3. The van der Waals surface area contributed by atoms with Crippen molar-refractivity contribution in [2.75, 3.05) is 32.6 Å². The molecular formula is C23H31F3N6O3Si. The van der Waals surface area contributed by atoms with E-state index in [4.69, 9.17) is 9.47 Å². The molecule has 1 N–H and O–H groups in total. The maximum Gasteiger partial charge on any atom is 0.406 e. The maximum atomic E-state index is 12.8. The number of methoxy groups -OCH3 is 1. The van der Waals surface area contributed by atoms with E-state index >= 15 is 0 Å². The fraction of sp³-hybridized carbons (Fsp3) is 0.478. The van der Waals surface area contributed by atoms with Crippen molar-refractivity contribution >= 4 is 36.5 Å². The molecule has 0 aliphatic heterocycles. The first-order chi connectivity index (χ1) is 16.8. The highest BCUT2D eigenvalue weighted by molar-refractivity contribution is 6.76. The van der Waals surface area contributed by atoms with Crippen molar-refractivity contribution in [3.63, 3.8) is 0 Å². The predicted molar refractivity (Wildman–Crippen MR) is 133 cm³/mol. The number of amides is 1. The lowest BCUT2D eigenvalue weighted by Crippen LogP contribution is -2.36. The van der Waals surface area contributed by atoms with E-state index in [1.54, 1.807) is 25.4 Å². The number of hydrogen-bond donors (Lipinski definition) is 1. The summed E-state index contributed by atoms with van der Waals surface area (Å²) in [6, 6.07) is 5.92. The van der Waals surface area contributed by atoms with E-state index in [9.17, 15) is 18.0 Å². The number of hydrogen-bond acceptors (Lipinski definition) is 7. The Hall–Kier alpha value is -3.19. The van der Waals surface area contributed by atoms with Crippen molar-refractivity contribution in [1.82, 2.24) is 24.6 Å². The van der Waals surface area contributed by atoms with Crippen LogP contribution in [-0.4, -0.2) is 72.1 Å². The summed E-state index contributed by atoms with van der Waals surface area (Å²) in [5.74, 6) is -0.408. The largest absolute Gasteiger partial charge is 0.494 e. The van der Waals surface area contributed by atoms with Crippen LogP contribution < -0.4 is 10.1 Å². The second-order valence-corrected chi connectivity index (χ2v) is 15.4. The Balaban J connectivity index is 1.87. The van der Waals surface area contributed by atoms with Gasteiger partial charge in [0.1, 0.15) is 19.0 Å². The molecule has 0 bridgehead atoms. The molecule has 0 unspecified atom stereocenters. The van der Waals surface area contributed by atoms with E-state index in [1.165, 1.54) is 13.2 Å². The summed E-state index contributed by atoms with van der Waals surface area (Å²) in [4.78, 5) is 17.8. The minimum Gasteiger partial charge on any atom is -0.494 e. The van der Waals surface area contributed by atoms with E-state index in [0.29, 0.717) is 40.9 Å². The molecule has 9 nitrogen and oxygen atoms in total. The van der Waals surface area contributed by atoms with Gasteiger partial charge in [-0.05, 0) is 25.1 Å². The van der Waals surface area contributed by atoms with Gasteiger partial charge in [-0.2, -0.15) is 18.3 Å². The molecule has 1 amide bonds. The molecule has 0 radical (unpaired) electrons. The molecule has 0 spiro atoms. The maximum absolute atomic E-state index is 12.8. The normalized spacial score (nSPS) is 12.1. The lowest BCUT2D eigenvalue weighted by Gasteiger charge is -2.20. The first-order valence-electron chi connectivity index (χ1n) is 11.3. The SMILES string of the molecule is COc1cc2c(cc1Nc1nnc(C)cc1C(=O)N(C)CC(F)(F)F)ncn2COCC[Si](C)(C)C. The molecule has 0 atom stereocenters. The van der Waals surface area contributed by atoms with Crippen LogP contribution in [0.15, 0.2) is 24.5 Å². The smallest absolute Gasteiger partial charge is 0.406 e. The van der Waals surface area contributed by atoms with Gasteiger partial charge in [-0.1, -0.05) is 19.6 Å². The highest BCUT2D eigenvalue weighted by Crippen LogP contribution is 2.33. The van der Waals surface area contributed by atoms with Crippen molar-refractivity contribution in [3.05, 3.63) is 35.8 Å². The molecular weight excluding hydrogens is 493 g/mol. The summed E-state index contributed by atoms with van der Waals surface area (Å²) in [6.07, 6.45) is -2.87. The summed E-state index contributed by atoms with van der Waals surface area (Å²) >= 11 is 0. The lowest BCUT2D eigenvalue weighted by atomic mass is 10.2. The van der Waals surface area contributed by atoms with Crippen LogP contribution in [0.25, 0.3) is 11.0 Å². The van der Waals surface area contributed by atoms with Gasteiger partial charge >= 0.3 is 6.18 Å². The van der Waals surface area contributed by atoms with Crippen LogP contribution >= 0.6 is 0 Å². The number of carbonyl (C=O) groups excluding carboxylic acids is 1. The summed E-state index contributed by atoms with van der Waals surface area (Å²) < 4.78 is 51.7. The lowest BCUT2D eigenvalue weighted by molar-refractivity contribution is -0.138. The number of imidazole rings is 1. The predicted octanol–water partition coefficient (Wildman–Crippen LogP) is 4.83. The number of benzene rings is 1. The fourth-order valence-corrected chi connectivity index (χ4v) is 4.17. The molecule has 36 heavy (non-hydrogen) atoms. The zero-order valence-corrected chi connectivity index (χ0v) is 22.2. The number of nitrogens with one attached hydrogen (secondary N) is 1. The summed E-state index contributed by atoms with van der Waals surface area (Å²) in [6.45, 7) is 8.07. The van der Waals surface area contributed by atoms with Gasteiger partial charge in [-0.25, -0.2) is 4.98 Å². The molecule has 0 fully saturated rings. The number of anilines is 2. The van der Waals surface area contributed by atoms with Crippen molar-refractivity contribution < 1.29 is 27.4 Å². The summed E-state index contributed by atoms with van der Waals surface area (Å²) in [5, 5.41) is 11.0. The van der Waals surface area contributed by atoms with Crippen LogP contribution in [-0.2, 0) is 11.5 Å². The van der Waals surface area contributed by atoms with Gasteiger partial charge in [-0.3, -0.25) is 4.79 Å².